The number of amides is 1. The molecule has 168 valence electrons. The fourth-order valence-electron chi connectivity index (χ4n) is 3.18. The Hall–Kier alpha value is -2.87. The van der Waals surface area contributed by atoms with Crippen LogP contribution < -0.4 is 14.4 Å². The molecule has 1 aliphatic heterocycles. The highest BCUT2D eigenvalue weighted by Gasteiger charge is 2.33. The van der Waals surface area contributed by atoms with E-state index in [1.807, 2.05) is 49.4 Å². The van der Waals surface area contributed by atoms with Gasteiger partial charge in [0.2, 0.25) is 0 Å². The molecule has 0 radical (unpaired) electrons. The van der Waals surface area contributed by atoms with E-state index in [1.54, 1.807) is 6.08 Å². The standard InChI is InChI=1S/C25H19ClFNO3S2/c1-2-30-22-13-17(5-12-21(22)31-15-16-3-6-18(26)7-4-16)14-23-24(29)28(25(32)33-23)20-10-8-19(27)9-11-20/h3-14H,2,15H2,1H3/b23-14-. The number of thioether (sulfide) groups is 1. The molecule has 3 aromatic rings. The van der Waals surface area contributed by atoms with Gasteiger partial charge in [0.15, 0.2) is 15.8 Å². The predicted molar refractivity (Wildman–Crippen MR) is 135 cm³/mol. The number of hydrogen-bond acceptors (Lipinski definition) is 5. The number of carbonyl (C=O) groups is 1. The van der Waals surface area contributed by atoms with Crippen molar-refractivity contribution in [3.63, 3.8) is 0 Å². The van der Waals surface area contributed by atoms with Crippen molar-refractivity contribution < 1.29 is 18.7 Å². The van der Waals surface area contributed by atoms with Crippen LogP contribution >= 0.6 is 35.6 Å². The van der Waals surface area contributed by atoms with Gasteiger partial charge >= 0.3 is 0 Å². The second-order valence-electron chi connectivity index (χ2n) is 7.05. The lowest BCUT2D eigenvalue weighted by Crippen LogP contribution is -2.27. The number of halogens is 2. The number of anilines is 1. The quantitative estimate of drug-likeness (QED) is 0.262. The van der Waals surface area contributed by atoms with E-state index >= 15 is 0 Å². The highest BCUT2D eigenvalue weighted by Crippen LogP contribution is 2.37. The summed E-state index contributed by atoms with van der Waals surface area (Å²) in [5.74, 6) is 0.552. The lowest BCUT2D eigenvalue weighted by atomic mass is 10.1. The Kier molecular flexibility index (Phi) is 7.33. The van der Waals surface area contributed by atoms with E-state index in [0.717, 1.165) is 11.1 Å². The SMILES string of the molecule is CCOc1cc(/C=C2\SC(=S)N(c3ccc(F)cc3)C2=O)ccc1OCc1ccc(Cl)cc1. The van der Waals surface area contributed by atoms with E-state index in [2.05, 4.69) is 0 Å². The Bertz CT molecular complexity index is 1210. The molecule has 4 nitrogen and oxygen atoms in total. The van der Waals surface area contributed by atoms with Crippen molar-refractivity contribution in [3.8, 4) is 11.5 Å². The van der Waals surface area contributed by atoms with Crippen LogP contribution in [0.2, 0.25) is 5.02 Å². The molecule has 33 heavy (non-hydrogen) atoms. The monoisotopic (exact) mass is 499 g/mol. The van der Waals surface area contributed by atoms with Crippen LogP contribution in [0.4, 0.5) is 10.1 Å². The lowest BCUT2D eigenvalue weighted by molar-refractivity contribution is -0.113. The van der Waals surface area contributed by atoms with Crippen molar-refractivity contribution in [3.05, 3.63) is 93.6 Å². The fourth-order valence-corrected chi connectivity index (χ4v) is 4.60. The number of benzene rings is 3. The molecule has 0 bridgehead atoms. The van der Waals surface area contributed by atoms with Gasteiger partial charge < -0.3 is 9.47 Å². The van der Waals surface area contributed by atoms with Crippen molar-refractivity contribution in [2.24, 2.45) is 0 Å². The minimum atomic E-state index is -0.374. The van der Waals surface area contributed by atoms with Gasteiger partial charge in [-0.25, -0.2) is 4.39 Å². The minimum Gasteiger partial charge on any atom is -0.490 e. The zero-order valence-corrected chi connectivity index (χ0v) is 20.0. The second kappa shape index (κ2) is 10.4. The summed E-state index contributed by atoms with van der Waals surface area (Å²) >= 11 is 12.5. The summed E-state index contributed by atoms with van der Waals surface area (Å²) in [5, 5.41) is 0.669. The van der Waals surface area contributed by atoms with Crippen molar-refractivity contribution in [2.45, 2.75) is 13.5 Å². The van der Waals surface area contributed by atoms with Crippen LogP contribution in [0.25, 0.3) is 6.08 Å². The smallest absolute Gasteiger partial charge is 0.270 e. The Labute approximate surface area is 206 Å². The molecule has 0 aliphatic carbocycles. The van der Waals surface area contributed by atoms with E-state index in [-0.39, 0.29) is 11.7 Å². The first kappa shape index (κ1) is 23.3. The largest absolute Gasteiger partial charge is 0.490 e. The maximum Gasteiger partial charge on any atom is 0.270 e. The molecule has 8 heteroatoms. The van der Waals surface area contributed by atoms with E-state index in [1.165, 1.54) is 40.9 Å². The number of carbonyl (C=O) groups excluding carboxylic acids is 1. The maximum atomic E-state index is 13.3. The first-order chi connectivity index (χ1) is 15.9. The van der Waals surface area contributed by atoms with E-state index in [0.29, 0.717) is 44.6 Å². The fraction of sp³-hybridized carbons (Fsp3) is 0.120. The lowest BCUT2D eigenvalue weighted by Gasteiger charge is -2.14. The molecule has 1 heterocycles. The molecule has 0 unspecified atom stereocenters. The number of rotatable bonds is 7. The van der Waals surface area contributed by atoms with Gasteiger partial charge in [-0.3, -0.25) is 9.69 Å². The van der Waals surface area contributed by atoms with Crippen molar-refractivity contribution >= 4 is 57.6 Å². The van der Waals surface area contributed by atoms with Gasteiger partial charge in [-0.15, -0.1) is 0 Å². The minimum absolute atomic E-state index is 0.252. The summed E-state index contributed by atoms with van der Waals surface area (Å²) in [6, 6.07) is 18.6. The highest BCUT2D eigenvalue weighted by atomic mass is 35.5. The summed E-state index contributed by atoms with van der Waals surface area (Å²) in [6.07, 6.45) is 1.76. The van der Waals surface area contributed by atoms with Gasteiger partial charge in [0.05, 0.1) is 17.2 Å². The summed E-state index contributed by atoms with van der Waals surface area (Å²) < 4.78 is 25.3. The molecule has 4 rings (SSSR count). The van der Waals surface area contributed by atoms with Crippen LogP contribution in [0.1, 0.15) is 18.1 Å². The first-order valence-electron chi connectivity index (χ1n) is 10.1. The zero-order valence-electron chi connectivity index (χ0n) is 17.6. The first-order valence-corrected chi connectivity index (χ1v) is 11.7. The predicted octanol–water partition coefficient (Wildman–Crippen LogP) is 6.86. The van der Waals surface area contributed by atoms with Crippen LogP contribution in [0.15, 0.2) is 71.6 Å². The molecule has 3 aromatic carbocycles. The maximum absolute atomic E-state index is 13.3. The Balaban J connectivity index is 1.54. The third-order valence-electron chi connectivity index (χ3n) is 4.75. The van der Waals surface area contributed by atoms with Crippen molar-refractivity contribution in [1.29, 1.82) is 0 Å². The molecular weight excluding hydrogens is 481 g/mol. The normalized spacial score (nSPS) is 14.8. The summed E-state index contributed by atoms with van der Waals surface area (Å²) in [6.45, 7) is 2.73. The van der Waals surface area contributed by atoms with E-state index in [4.69, 9.17) is 33.3 Å². The van der Waals surface area contributed by atoms with Crippen LogP contribution in [-0.4, -0.2) is 16.8 Å². The van der Waals surface area contributed by atoms with Crippen LogP contribution in [0.5, 0.6) is 11.5 Å². The summed E-state index contributed by atoms with van der Waals surface area (Å²) in [7, 11) is 0. The highest BCUT2D eigenvalue weighted by molar-refractivity contribution is 8.27. The molecule has 0 atom stereocenters. The van der Waals surface area contributed by atoms with Gasteiger partial charge in [0.25, 0.3) is 5.91 Å². The molecule has 0 aromatic heterocycles. The van der Waals surface area contributed by atoms with Gasteiger partial charge in [-0.1, -0.05) is 53.8 Å². The third-order valence-corrected chi connectivity index (χ3v) is 6.31. The van der Waals surface area contributed by atoms with E-state index < -0.39 is 0 Å². The summed E-state index contributed by atoms with van der Waals surface area (Å²) in [5.41, 5.74) is 2.29. The van der Waals surface area contributed by atoms with Crippen LogP contribution in [0, 0.1) is 5.82 Å². The van der Waals surface area contributed by atoms with Crippen molar-refractivity contribution in [1.82, 2.24) is 0 Å². The number of hydrogen-bond donors (Lipinski definition) is 0. The van der Waals surface area contributed by atoms with Gasteiger partial charge in [-0.2, -0.15) is 0 Å². The molecule has 1 amide bonds. The molecule has 0 saturated carbocycles. The average Bonchev–Trinajstić information content (AvgIpc) is 3.08. The topological polar surface area (TPSA) is 38.8 Å². The van der Waals surface area contributed by atoms with Crippen LogP contribution in [-0.2, 0) is 11.4 Å². The molecular formula is C25H19ClFNO3S2. The van der Waals surface area contributed by atoms with Crippen molar-refractivity contribution in [2.75, 3.05) is 11.5 Å². The Morgan fingerprint density at radius 2 is 1.76 bits per heavy atom. The third kappa shape index (κ3) is 5.55. The zero-order chi connectivity index (χ0) is 23.4. The van der Waals surface area contributed by atoms with Gasteiger partial charge in [-0.05, 0) is 72.7 Å². The number of nitrogens with zero attached hydrogens (tertiary/aromatic N) is 1. The molecule has 1 fully saturated rings. The second-order valence-corrected chi connectivity index (χ2v) is 9.16. The average molecular weight is 500 g/mol. The van der Waals surface area contributed by atoms with Gasteiger partial charge in [0, 0.05) is 5.02 Å². The molecule has 1 aliphatic rings. The van der Waals surface area contributed by atoms with E-state index in [9.17, 15) is 9.18 Å². The van der Waals surface area contributed by atoms with Gasteiger partial charge in [0.1, 0.15) is 12.4 Å². The summed E-state index contributed by atoms with van der Waals surface area (Å²) in [4.78, 5) is 14.8. The molecule has 1 saturated heterocycles. The number of thiocarbonyl (C=S) groups is 1. The molecule has 0 spiro atoms. The van der Waals surface area contributed by atoms with Crippen LogP contribution in [0.3, 0.4) is 0 Å². The Morgan fingerprint density at radius 1 is 1.03 bits per heavy atom. The number of ether oxygens (including phenoxy) is 2. The Morgan fingerprint density at radius 3 is 2.45 bits per heavy atom. The molecule has 0 N–H and O–H groups in total.